The molecule has 3 nitrogen and oxygen atoms in total. The number of anilines is 2. The molecular weight excluding hydrogens is 270 g/mol. The first kappa shape index (κ1) is 15.2. The molecule has 0 aromatic heterocycles. The van der Waals surface area contributed by atoms with Crippen LogP contribution in [0.5, 0.6) is 0 Å². The van der Waals surface area contributed by atoms with Crippen molar-refractivity contribution < 1.29 is 0 Å². The van der Waals surface area contributed by atoms with E-state index in [1.165, 1.54) is 22.1 Å². The third kappa shape index (κ3) is 3.53. The molecule has 1 aliphatic rings. The molecule has 22 heavy (non-hydrogen) atoms. The summed E-state index contributed by atoms with van der Waals surface area (Å²) in [6, 6.07) is 13.5. The Morgan fingerprint density at radius 1 is 0.864 bits per heavy atom. The van der Waals surface area contributed by atoms with E-state index >= 15 is 0 Å². The van der Waals surface area contributed by atoms with Crippen molar-refractivity contribution in [2.24, 2.45) is 0 Å². The predicted octanol–water partition coefficient (Wildman–Crippen LogP) is 3.80. The van der Waals surface area contributed by atoms with Crippen LogP contribution in [-0.2, 0) is 0 Å². The number of nitrogens with one attached hydrogen (secondary N) is 1. The molecular formula is C19H27N3. The lowest BCUT2D eigenvalue weighted by molar-refractivity contribution is 0.313. The molecule has 2 aromatic carbocycles. The Balaban J connectivity index is 1.83. The first-order chi connectivity index (χ1) is 10.4. The van der Waals surface area contributed by atoms with Crippen LogP contribution < -0.4 is 10.2 Å². The lowest BCUT2D eigenvalue weighted by Crippen LogP contribution is -2.44. The Bertz CT molecular complexity index is 649. The van der Waals surface area contributed by atoms with Gasteiger partial charge in [-0.15, -0.1) is 0 Å². The minimum absolute atomic E-state index is 0.0907. The van der Waals surface area contributed by atoms with Crippen molar-refractivity contribution in [3.8, 4) is 0 Å². The van der Waals surface area contributed by atoms with Crippen LogP contribution >= 0.6 is 0 Å². The van der Waals surface area contributed by atoms with Crippen LogP contribution in [0.2, 0.25) is 0 Å². The summed E-state index contributed by atoms with van der Waals surface area (Å²) in [7, 11) is 2.20. The normalized spacial score (nSPS) is 17.0. The summed E-state index contributed by atoms with van der Waals surface area (Å²) in [6.45, 7) is 11.1. The van der Waals surface area contributed by atoms with Gasteiger partial charge in [-0.25, -0.2) is 0 Å². The molecule has 118 valence electrons. The summed E-state index contributed by atoms with van der Waals surface area (Å²) in [5.41, 5.74) is 2.62. The third-order valence-electron chi connectivity index (χ3n) is 4.21. The molecule has 1 aliphatic heterocycles. The van der Waals surface area contributed by atoms with E-state index in [1.807, 2.05) is 0 Å². The maximum absolute atomic E-state index is 3.54. The molecule has 0 atom stereocenters. The number of rotatable bonds is 2. The Morgan fingerprint density at radius 3 is 2.18 bits per heavy atom. The summed E-state index contributed by atoms with van der Waals surface area (Å²) >= 11 is 0. The van der Waals surface area contributed by atoms with Gasteiger partial charge < -0.3 is 15.1 Å². The largest absolute Gasteiger partial charge is 0.380 e. The summed E-state index contributed by atoms with van der Waals surface area (Å²) in [4.78, 5) is 4.88. The van der Waals surface area contributed by atoms with Gasteiger partial charge in [0.15, 0.2) is 0 Å². The van der Waals surface area contributed by atoms with E-state index < -0.39 is 0 Å². The van der Waals surface area contributed by atoms with Crippen LogP contribution in [0.4, 0.5) is 11.4 Å². The molecule has 0 bridgehead atoms. The number of fused-ring (bicyclic) bond motifs is 1. The highest BCUT2D eigenvalue weighted by molar-refractivity contribution is 5.88. The first-order valence-corrected chi connectivity index (χ1v) is 8.16. The number of hydrogen-bond acceptors (Lipinski definition) is 3. The topological polar surface area (TPSA) is 18.5 Å². The van der Waals surface area contributed by atoms with Gasteiger partial charge in [-0.05, 0) is 62.9 Å². The van der Waals surface area contributed by atoms with Crippen LogP contribution in [0.1, 0.15) is 20.8 Å². The average molecular weight is 297 g/mol. The minimum Gasteiger partial charge on any atom is -0.380 e. The van der Waals surface area contributed by atoms with E-state index in [0.717, 1.165) is 26.2 Å². The van der Waals surface area contributed by atoms with Crippen LogP contribution in [0.3, 0.4) is 0 Å². The van der Waals surface area contributed by atoms with Crippen molar-refractivity contribution in [1.82, 2.24) is 4.90 Å². The highest BCUT2D eigenvalue weighted by Gasteiger charge is 2.14. The van der Waals surface area contributed by atoms with Crippen molar-refractivity contribution in [2.75, 3.05) is 43.4 Å². The molecule has 0 saturated carbocycles. The number of piperazine rings is 1. The van der Waals surface area contributed by atoms with Crippen molar-refractivity contribution in [2.45, 2.75) is 26.3 Å². The van der Waals surface area contributed by atoms with E-state index in [-0.39, 0.29) is 5.54 Å². The molecule has 2 aromatic rings. The summed E-state index contributed by atoms with van der Waals surface area (Å²) in [6.07, 6.45) is 0. The zero-order chi connectivity index (χ0) is 15.7. The molecule has 1 fully saturated rings. The molecule has 3 rings (SSSR count). The second-order valence-corrected chi connectivity index (χ2v) is 7.41. The number of nitrogens with zero attached hydrogens (tertiary/aromatic N) is 2. The van der Waals surface area contributed by atoms with E-state index in [1.54, 1.807) is 0 Å². The fourth-order valence-electron chi connectivity index (χ4n) is 3.01. The van der Waals surface area contributed by atoms with Gasteiger partial charge in [-0.1, -0.05) is 12.1 Å². The van der Waals surface area contributed by atoms with E-state index in [2.05, 4.69) is 79.3 Å². The van der Waals surface area contributed by atoms with Gasteiger partial charge in [0.1, 0.15) is 0 Å². The standard InChI is InChI=1S/C19H27N3/c1-19(2,3)20-17-7-5-16-14-18(8-6-15(16)13-17)22-11-9-21(4)10-12-22/h5-8,13-14,20H,9-12H2,1-4H3. The molecule has 0 amide bonds. The smallest absolute Gasteiger partial charge is 0.0373 e. The van der Waals surface area contributed by atoms with Gasteiger partial charge in [0, 0.05) is 43.1 Å². The maximum atomic E-state index is 3.54. The lowest BCUT2D eigenvalue weighted by Gasteiger charge is -2.34. The molecule has 0 spiro atoms. The summed E-state index contributed by atoms with van der Waals surface area (Å²) in [5, 5.41) is 6.15. The molecule has 0 unspecified atom stereocenters. The van der Waals surface area contributed by atoms with Gasteiger partial charge in [0.25, 0.3) is 0 Å². The molecule has 0 radical (unpaired) electrons. The molecule has 3 heteroatoms. The van der Waals surface area contributed by atoms with Crippen LogP contribution in [-0.4, -0.2) is 43.7 Å². The Morgan fingerprint density at radius 2 is 1.50 bits per heavy atom. The first-order valence-electron chi connectivity index (χ1n) is 8.16. The van der Waals surface area contributed by atoms with Crippen LogP contribution in [0.15, 0.2) is 36.4 Å². The average Bonchev–Trinajstić information content (AvgIpc) is 2.46. The van der Waals surface area contributed by atoms with E-state index in [0.29, 0.717) is 0 Å². The SMILES string of the molecule is CN1CCN(c2ccc3cc(NC(C)(C)C)ccc3c2)CC1. The molecule has 0 aliphatic carbocycles. The van der Waals surface area contributed by atoms with Gasteiger partial charge in [-0.3, -0.25) is 0 Å². The highest BCUT2D eigenvalue weighted by Crippen LogP contribution is 2.26. The summed E-state index contributed by atoms with van der Waals surface area (Å²) < 4.78 is 0. The molecule has 1 heterocycles. The fraction of sp³-hybridized carbons (Fsp3) is 0.474. The number of benzene rings is 2. The monoisotopic (exact) mass is 297 g/mol. The zero-order valence-electron chi connectivity index (χ0n) is 14.2. The van der Waals surface area contributed by atoms with Crippen molar-refractivity contribution in [3.63, 3.8) is 0 Å². The second-order valence-electron chi connectivity index (χ2n) is 7.41. The molecule has 1 saturated heterocycles. The van der Waals surface area contributed by atoms with Gasteiger partial charge in [0.2, 0.25) is 0 Å². The Kier molecular flexibility index (Phi) is 4.00. The maximum Gasteiger partial charge on any atom is 0.0373 e. The van der Waals surface area contributed by atoms with Crippen LogP contribution in [0.25, 0.3) is 10.8 Å². The highest BCUT2D eigenvalue weighted by atomic mass is 15.2. The zero-order valence-corrected chi connectivity index (χ0v) is 14.2. The molecule has 1 N–H and O–H groups in total. The van der Waals surface area contributed by atoms with Gasteiger partial charge in [-0.2, -0.15) is 0 Å². The van der Waals surface area contributed by atoms with Crippen molar-refractivity contribution in [1.29, 1.82) is 0 Å². The number of likely N-dealkylation sites (N-methyl/N-ethyl adjacent to an activating group) is 1. The van der Waals surface area contributed by atoms with E-state index in [9.17, 15) is 0 Å². The van der Waals surface area contributed by atoms with Gasteiger partial charge >= 0.3 is 0 Å². The van der Waals surface area contributed by atoms with E-state index in [4.69, 9.17) is 0 Å². The Hall–Kier alpha value is -1.74. The summed E-state index contributed by atoms with van der Waals surface area (Å²) in [5.74, 6) is 0. The second kappa shape index (κ2) is 5.81. The predicted molar refractivity (Wildman–Crippen MR) is 97.0 cm³/mol. The van der Waals surface area contributed by atoms with Gasteiger partial charge in [0.05, 0.1) is 0 Å². The minimum atomic E-state index is 0.0907. The van der Waals surface area contributed by atoms with Crippen molar-refractivity contribution >= 4 is 22.1 Å². The Labute approximate surface area is 133 Å². The number of hydrogen-bond donors (Lipinski definition) is 1. The lowest BCUT2D eigenvalue weighted by atomic mass is 10.1. The fourth-order valence-corrected chi connectivity index (χ4v) is 3.01. The third-order valence-corrected chi connectivity index (χ3v) is 4.21. The quantitative estimate of drug-likeness (QED) is 0.909. The van der Waals surface area contributed by atoms with Crippen molar-refractivity contribution in [3.05, 3.63) is 36.4 Å². The van der Waals surface area contributed by atoms with Crippen LogP contribution in [0, 0.1) is 0 Å².